The number of furan rings is 1. The summed E-state index contributed by atoms with van der Waals surface area (Å²) in [4.78, 5) is 23.9. The number of carbonyl (C=O) groups excluding carboxylic acids is 2. The summed E-state index contributed by atoms with van der Waals surface area (Å²) in [5.74, 6) is -0.0765. The summed E-state index contributed by atoms with van der Waals surface area (Å²) in [5, 5.41) is 3.72. The first kappa shape index (κ1) is 15.0. The standard InChI is InChI=1S/C19H17NO3/c1-11-7-8-17-16(9-11)12(2)18(23-17)19(22)20-15-6-4-5-14(10-15)13(3)21/h4-10H,1-3H3,(H,20,22). The molecule has 2 aromatic carbocycles. The van der Waals surface area contributed by atoms with Crippen LogP contribution in [0.25, 0.3) is 11.0 Å². The van der Waals surface area contributed by atoms with E-state index in [2.05, 4.69) is 5.32 Å². The van der Waals surface area contributed by atoms with Crippen LogP contribution in [-0.2, 0) is 0 Å². The van der Waals surface area contributed by atoms with Crippen molar-refractivity contribution in [1.82, 2.24) is 0 Å². The monoisotopic (exact) mass is 307 g/mol. The molecule has 0 aliphatic heterocycles. The molecule has 0 saturated heterocycles. The second-order valence-electron chi connectivity index (χ2n) is 5.65. The molecule has 0 radical (unpaired) electrons. The Labute approximate surface area is 134 Å². The molecule has 1 amide bonds. The Kier molecular flexibility index (Phi) is 3.74. The minimum Gasteiger partial charge on any atom is -0.451 e. The molecule has 0 saturated carbocycles. The van der Waals surface area contributed by atoms with Crippen LogP contribution in [0.4, 0.5) is 5.69 Å². The molecule has 0 aliphatic rings. The molecule has 1 heterocycles. The number of rotatable bonds is 3. The van der Waals surface area contributed by atoms with E-state index in [1.807, 2.05) is 32.0 Å². The van der Waals surface area contributed by atoms with Gasteiger partial charge < -0.3 is 9.73 Å². The van der Waals surface area contributed by atoms with Crippen molar-refractivity contribution in [3.05, 3.63) is 64.9 Å². The second-order valence-corrected chi connectivity index (χ2v) is 5.65. The number of anilines is 1. The van der Waals surface area contributed by atoms with Crippen molar-refractivity contribution in [2.24, 2.45) is 0 Å². The van der Waals surface area contributed by atoms with Crippen molar-refractivity contribution in [2.45, 2.75) is 20.8 Å². The molecule has 23 heavy (non-hydrogen) atoms. The Morgan fingerprint density at radius 3 is 2.57 bits per heavy atom. The van der Waals surface area contributed by atoms with Gasteiger partial charge in [-0.15, -0.1) is 0 Å². The lowest BCUT2D eigenvalue weighted by molar-refractivity contribution is 0.0993. The van der Waals surface area contributed by atoms with E-state index in [-0.39, 0.29) is 11.7 Å². The summed E-state index contributed by atoms with van der Waals surface area (Å²) in [6.07, 6.45) is 0. The third-order valence-corrected chi connectivity index (χ3v) is 3.82. The summed E-state index contributed by atoms with van der Waals surface area (Å²) < 4.78 is 5.69. The predicted molar refractivity (Wildman–Crippen MR) is 90.1 cm³/mol. The normalized spacial score (nSPS) is 10.7. The Balaban J connectivity index is 1.93. The van der Waals surface area contributed by atoms with E-state index >= 15 is 0 Å². The topological polar surface area (TPSA) is 59.3 Å². The van der Waals surface area contributed by atoms with E-state index in [9.17, 15) is 9.59 Å². The summed E-state index contributed by atoms with van der Waals surface area (Å²) in [5.41, 5.74) is 3.74. The fourth-order valence-electron chi connectivity index (χ4n) is 2.56. The first-order valence-electron chi connectivity index (χ1n) is 7.38. The minimum absolute atomic E-state index is 0.0449. The van der Waals surface area contributed by atoms with Gasteiger partial charge in [-0.05, 0) is 45.0 Å². The van der Waals surface area contributed by atoms with Crippen molar-refractivity contribution >= 4 is 28.3 Å². The highest BCUT2D eigenvalue weighted by Crippen LogP contribution is 2.27. The lowest BCUT2D eigenvalue weighted by Crippen LogP contribution is -2.12. The maximum absolute atomic E-state index is 12.5. The Morgan fingerprint density at radius 1 is 1.04 bits per heavy atom. The zero-order valence-corrected chi connectivity index (χ0v) is 13.3. The molecule has 0 aliphatic carbocycles. The van der Waals surface area contributed by atoms with E-state index in [1.54, 1.807) is 24.3 Å². The van der Waals surface area contributed by atoms with Gasteiger partial charge in [0.1, 0.15) is 5.58 Å². The highest BCUT2D eigenvalue weighted by Gasteiger charge is 2.18. The minimum atomic E-state index is -0.322. The van der Waals surface area contributed by atoms with Crippen LogP contribution in [0.15, 0.2) is 46.9 Å². The highest BCUT2D eigenvalue weighted by atomic mass is 16.3. The number of amides is 1. The van der Waals surface area contributed by atoms with E-state index in [4.69, 9.17) is 4.42 Å². The molecule has 0 fully saturated rings. The molecular formula is C19H17NO3. The van der Waals surface area contributed by atoms with Crippen molar-refractivity contribution in [3.8, 4) is 0 Å². The van der Waals surface area contributed by atoms with Crippen LogP contribution in [0.2, 0.25) is 0 Å². The molecule has 0 unspecified atom stereocenters. The Bertz CT molecular complexity index is 922. The van der Waals surface area contributed by atoms with Crippen molar-refractivity contribution < 1.29 is 14.0 Å². The molecular weight excluding hydrogens is 290 g/mol. The number of hydrogen-bond acceptors (Lipinski definition) is 3. The number of carbonyl (C=O) groups is 2. The SMILES string of the molecule is CC(=O)c1cccc(NC(=O)c2oc3ccc(C)cc3c2C)c1. The summed E-state index contributed by atoms with van der Waals surface area (Å²) in [6.45, 7) is 5.36. The van der Waals surface area contributed by atoms with Gasteiger partial charge in [0, 0.05) is 22.2 Å². The van der Waals surface area contributed by atoms with Crippen LogP contribution in [0.1, 0.15) is 39.0 Å². The zero-order chi connectivity index (χ0) is 16.6. The Hall–Kier alpha value is -2.88. The molecule has 3 aromatic rings. The van der Waals surface area contributed by atoms with Gasteiger partial charge in [-0.2, -0.15) is 0 Å². The van der Waals surface area contributed by atoms with Gasteiger partial charge in [-0.3, -0.25) is 9.59 Å². The maximum Gasteiger partial charge on any atom is 0.291 e. The van der Waals surface area contributed by atoms with Gasteiger partial charge in [0.05, 0.1) is 0 Å². The van der Waals surface area contributed by atoms with Gasteiger partial charge in [-0.25, -0.2) is 0 Å². The Morgan fingerprint density at radius 2 is 1.83 bits per heavy atom. The molecule has 0 spiro atoms. The molecule has 0 atom stereocenters. The van der Waals surface area contributed by atoms with E-state index in [1.165, 1.54) is 6.92 Å². The number of nitrogens with one attached hydrogen (secondary N) is 1. The van der Waals surface area contributed by atoms with Crippen LogP contribution in [-0.4, -0.2) is 11.7 Å². The summed E-state index contributed by atoms with van der Waals surface area (Å²) in [7, 11) is 0. The molecule has 1 N–H and O–H groups in total. The molecule has 116 valence electrons. The molecule has 3 rings (SSSR count). The molecule has 1 aromatic heterocycles. The summed E-state index contributed by atoms with van der Waals surface area (Å²) >= 11 is 0. The molecule has 4 nitrogen and oxygen atoms in total. The number of aryl methyl sites for hydroxylation is 2. The fraction of sp³-hybridized carbons (Fsp3) is 0.158. The van der Waals surface area contributed by atoms with E-state index in [0.717, 1.165) is 16.5 Å². The first-order chi connectivity index (χ1) is 11.0. The lowest BCUT2D eigenvalue weighted by Gasteiger charge is -2.05. The third-order valence-electron chi connectivity index (χ3n) is 3.82. The van der Waals surface area contributed by atoms with Gasteiger partial charge in [0.25, 0.3) is 5.91 Å². The average molecular weight is 307 g/mol. The number of ketones is 1. The van der Waals surface area contributed by atoms with Crippen LogP contribution in [0.5, 0.6) is 0 Å². The number of fused-ring (bicyclic) bond motifs is 1. The first-order valence-corrected chi connectivity index (χ1v) is 7.38. The summed E-state index contributed by atoms with van der Waals surface area (Å²) in [6, 6.07) is 12.7. The number of hydrogen-bond donors (Lipinski definition) is 1. The predicted octanol–water partition coefficient (Wildman–Crippen LogP) is 4.50. The lowest BCUT2D eigenvalue weighted by atomic mass is 10.1. The zero-order valence-electron chi connectivity index (χ0n) is 13.3. The van der Waals surface area contributed by atoms with Gasteiger partial charge in [0.2, 0.25) is 0 Å². The quantitative estimate of drug-likeness (QED) is 0.724. The van der Waals surface area contributed by atoms with E-state index in [0.29, 0.717) is 22.6 Å². The van der Waals surface area contributed by atoms with E-state index < -0.39 is 0 Å². The highest BCUT2D eigenvalue weighted by molar-refractivity contribution is 6.07. The largest absolute Gasteiger partial charge is 0.451 e. The van der Waals surface area contributed by atoms with Crippen molar-refractivity contribution in [2.75, 3.05) is 5.32 Å². The van der Waals surface area contributed by atoms with Crippen molar-refractivity contribution in [1.29, 1.82) is 0 Å². The number of Topliss-reactive ketones (excluding diaryl/α,β-unsaturated/α-hetero) is 1. The average Bonchev–Trinajstić information content (AvgIpc) is 2.84. The second kappa shape index (κ2) is 5.72. The van der Waals surface area contributed by atoms with Gasteiger partial charge in [-0.1, -0.05) is 23.8 Å². The van der Waals surface area contributed by atoms with Crippen LogP contribution < -0.4 is 5.32 Å². The number of benzene rings is 2. The smallest absolute Gasteiger partial charge is 0.291 e. The van der Waals surface area contributed by atoms with Gasteiger partial charge >= 0.3 is 0 Å². The molecule has 0 bridgehead atoms. The molecule has 4 heteroatoms. The van der Waals surface area contributed by atoms with Gasteiger partial charge in [0.15, 0.2) is 11.5 Å². The van der Waals surface area contributed by atoms with Crippen LogP contribution >= 0.6 is 0 Å². The maximum atomic E-state index is 12.5. The van der Waals surface area contributed by atoms with Crippen LogP contribution in [0.3, 0.4) is 0 Å². The van der Waals surface area contributed by atoms with Crippen LogP contribution in [0, 0.1) is 13.8 Å². The van der Waals surface area contributed by atoms with Crippen molar-refractivity contribution in [3.63, 3.8) is 0 Å². The fourth-order valence-corrected chi connectivity index (χ4v) is 2.56. The third kappa shape index (κ3) is 2.88.